The van der Waals surface area contributed by atoms with Gasteiger partial charge in [-0.1, -0.05) is 43.0 Å². The summed E-state index contributed by atoms with van der Waals surface area (Å²) in [6.07, 6.45) is 6.87. The van der Waals surface area contributed by atoms with Crippen molar-refractivity contribution in [3.8, 4) is 11.5 Å². The molecule has 7 heteroatoms. The second-order valence-electron chi connectivity index (χ2n) is 8.59. The van der Waals surface area contributed by atoms with E-state index in [1.165, 1.54) is 13.2 Å². The molecule has 0 heterocycles. The van der Waals surface area contributed by atoms with Crippen molar-refractivity contribution >= 4 is 24.0 Å². The number of ether oxygens (including phenoxy) is 4. The van der Waals surface area contributed by atoms with Crippen LogP contribution in [0.1, 0.15) is 50.7 Å². The number of aryl methyl sites for hydroxylation is 1. The summed E-state index contributed by atoms with van der Waals surface area (Å²) in [6, 6.07) is 14.8. The van der Waals surface area contributed by atoms with Crippen molar-refractivity contribution in [3.05, 3.63) is 90.0 Å². The Kier molecular flexibility index (Phi) is 15.2. The summed E-state index contributed by atoms with van der Waals surface area (Å²) in [7, 11) is 1.35. The third kappa shape index (κ3) is 14.4. The van der Waals surface area contributed by atoms with Gasteiger partial charge in [-0.2, -0.15) is 0 Å². The third-order valence-electron chi connectivity index (χ3n) is 4.96. The molecule has 0 amide bonds. The summed E-state index contributed by atoms with van der Waals surface area (Å²) >= 11 is 0. The average Bonchev–Trinajstić information content (AvgIpc) is 2.90. The topological polar surface area (TPSA) is 88.1 Å². The van der Waals surface area contributed by atoms with Gasteiger partial charge in [0.1, 0.15) is 11.5 Å². The normalized spacial score (nSPS) is 10.1. The van der Waals surface area contributed by atoms with E-state index in [1.54, 1.807) is 32.1 Å². The van der Waals surface area contributed by atoms with Crippen LogP contribution < -0.4 is 9.47 Å². The smallest absolute Gasteiger partial charge is 0.338 e. The minimum absolute atomic E-state index is 0.326. The highest BCUT2D eigenvalue weighted by Gasteiger charge is 2.04. The number of rotatable bonds is 13. The number of esters is 3. The molecule has 0 saturated heterocycles. The second-order valence-corrected chi connectivity index (χ2v) is 8.59. The van der Waals surface area contributed by atoms with Crippen molar-refractivity contribution in [2.24, 2.45) is 0 Å². The van der Waals surface area contributed by atoms with Gasteiger partial charge in [0.25, 0.3) is 0 Å². The standard InChI is InChI=1S/C20H26O5.C11H12O2/c1-16(2)20(22)25-15-7-5-4-6-14-24-18-11-8-17(9-12-18)10-13-19(21)23-3;1-8(2)11(12)13-10-6-4-9(3)5-7-10/h8-13H,1,4-7,14-15H2,2-3H3;4-7H,1H2,2-3H3/b13-10+;. The van der Waals surface area contributed by atoms with Crippen LogP contribution in [0.5, 0.6) is 11.5 Å². The highest BCUT2D eigenvalue weighted by atomic mass is 16.5. The van der Waals surface area contributed by atoms with Crippen LogP contribution in [0.2, 0.25) is 0 Å². The first-order valence-electron chi connectivity index (χ1n) is 12.4. The van der Waals surface area contributed by atoms with E-state index in [2.05, 4.69) is 17.9 Å². The molecule has 0 bridgehead atoms. The summed E-state index contributed by atoms with van der Waals surface area (Å²) in [5, 5.41) is 0. The molecule has 0 saturated carbocycles. The zero-order valence-corrected chi connectivity index (χ0v) is 22.8. The fourth-order valence-electron chi connectivity index (χ4n) is 2.74. The van der Waals surface area contributed by atoms with E-state index in [9.17, 15) is 14.4 Å². The first kappa shape index (κ1) is 31.9. The summed E-state index contributed by atoms with van der Waals surface area (Å²) in [5.74, 6) is 0.260. The Morgan fingerprint density at radius 1 is 0.763 bits per heavy atom. The molecule has 0 N–H and O–H groups in total. The zero-order valence-electron chi connectivity index (χ0n) is 22.8. The maximum Gasteiger partial charge on any atom is 0.338 e. The molecule has 2 rings (SSSR count). The molecule has 0 aliphatic carbocycles. The number of hydrogen-bond acceptors (Lipinski definition) is 7. The molecule has 0 aliphatic rings. The van der Waals surface area contributed by atoms with Crippen LogP contribution in [-0.2, 0) is 23.9 Å². The van der Waals surface area contributed by atoms with Gasteiger partial charge in [-0.15, -0.1) is 0 Å². The van der Waals surface area contributed by atoms with Crippen molar-refractivity contribution in [3.63, 3.8) is 0 Å². The van der Waals surface area contributed by atoms with Gasteiger partial charge in [-0.3, -0.25) is 0 Å². The number of unbranched alkanes of at least 4 members (excludes halogenated alkanes) is 3. The number of carbonyl (C=O) groups excluding carboxylic acids is 3. The fraction of sp³-hybridized carbons (Fsp3) is 0.323. The summed E-state index contributed by atoms with van der Waals surface area (Å²) in [6.45, 7) is 13.3. The lowest BCUT2D eigenvalue weighted by Gasteiger charge is -2.07. The van der Waals surface area contributed by atoms with Gasteiger partial charge < -0.3 is 18.9 Å². The van der Waals surface area contributed by atoms with Crippen molar-refractivity contribution in [2.45, 2.75) is 46.5 Å². The lowest BCUT2D eigenvalue weighted by molar-refractivity contribution is -0.139. The highest BCUT2D eigenvalue weighted by Crippen LogP contribution is 2.14. The monoisotopic (exact) mass is 522 g/mol. The van der Waals surface area contributed by atoms with Crippen LogP contribution >= 0.6 is 0 Å². The van der Waals surface area contributed by atoms with Crippen LogP contribution in [-0.4, -0.2) is 38.2 Å². The van der Waals surface area contributed by atoms with E-state index in [0.717, 1.165) is 42.6 Å². The molecule has 0 atom stereocenters. The molecular weight excluding hydrogens is 484 g/mol. The minimum atomic E-state index is -0.385. The molecular formula is C31H38O7. The van der Waals surface area contributed by atoms with Crippen LogP contribution in [0.15, 0.2) is 78.9 Å². The van der Waals surface area contributed by atoms with Crippen molar-refractivity contribution in [1.82, 2.24) is 0 Å². The Morgan fingerprint density at radius 2 is 1.32 bits per heavy atom. The molecule has 2 aromatic carbocycles. The number of benzene rings is 2. The molecule has 0 aliphatic heterocycles. The zero-order chi connectivity index (χ0) is 28.3. The molecule has 204 valence electrons. The van der Waals surface area contributed by atoms with E-state index in [-0.39, 0.29) is 17.9 Å². The summed E-state index contributed by atoms with van der Waals surface area (Å²) < 4.78 is 20.2. The van der Waals surface area contributed by atoms with Gasteiger partial charge in [0.15, 0.2) is 0 Å². The van der Waals surface area contributed by atoms with Crippen LogP contribution in [0, 0.1) is 6.92 Å². The number of hydrogen-bond donors (Lipinski definition) is 0. The molecule has 0 spiro atoms. The summed E-state index contributed by atoms with van der Waals surface area (Å²) in [5.41, 5.74) is 2.87. The highest BCUT2D eigenvalue weighted by molar-refractivity contribution is 5.89. The maximum atomic E-state index is 11.2. The van der Waals surface area contributed by atoms with E-state index in [0.29, 0.717) is 30.1 Å². The average molecular weight is 523 g/mol. The quantitative estimate of drug-likeness (QED) is 0.130. The predicted molar refractivity (Wildman–Crippen MR) is 149 cm³/mol. The molecule has 0 aromatic heterocycles. The van der Waals surface area contributed by atoms with Gasteiger partial charge in [0.05, 0.1) is 20.3 Å². The SMILES string of the molecule is C=C(C)C(=O)OCCCCCCOc1ccc(/C=C/C(=O)OC)cc1.C=C(C)C(=O)Oc1ccc(C)cc1. The van der Waals surface area contributed by atoms with E-state index >= 15 is 0 Å². The Bertz CT molecular complexity index is 1080. The molecule has 0 unspecified atom stereocenters. The third-order valence-corrected chi connectivity index (χ3v) is 4.96. The van der Waals surface area contributed by atoms with Gasteiger partial charge >= 0.3 is 17.9 Å². The van der Waals surface area contributed by atoms with Gasteiger partial charge in [-0.05, 0) is 82.4 Å². The van der Waals surface area contributed by atoms with Crippen LogP contribution in [0.4, 0.5) is 0 Å². The molecule has 0 fully saturated rings. The maximum absolute atomic E-state index is 11.2. The van der Waals surface area contributed by atoms with Crippen LogP contribution in [0.3, 0.4) is 0 Å². The van der Waals surface area contributed by atoms with Crippen molar-refractivity contribution in [1.29, 1.82) is 0 Å². The first-order valence-corrected chi connectivity index (χ1v) is 12.4. The Hall–Kier alpha value is -4.13. The van der Waals surface area contributed by atoms with Crippen molar-refractivity contribution in [2.75, 3.05) is 20.3 Å². The molecule has 2 aromatic rings. The lowest BCUT2D eigenvalue weighted by atomic mass is 10.2. The van der Waals surface area contributed by atoms with Gasteiger partial charge in [0.2, 0.25) is 0 Å². The lowest BCUT2D eigenvalue weighted by Crippen LogP contribution is -2.07. The predicted octanol–water partition coefficient (Wildman–Crippen LogP) is 6.41. The summed E-state index contributed by atoms with van der Waals surface area (Å²) in [4.78, 5) is 33.3. The Balaban J connectivity index is 0.000000464. The van der Waals surface area contributed by atoms with Crippen molar-refractivity contribution < 1.29 is 33.3 Å². The molecule has 7 nitrogen and oxygen atoms in total. The second kappa shape index (κ2) is 18.2. The first-order chi connectivity index (χ1) is 18.1. The number of carbonyl (C=O) groups is 3. The van der Waals surface area contributed by atoms with Gasteiger partial charge in [-0.25, -0.2) is 14.4 Å². The van der Waals surface area contributed by atoms with E-state index in [4.69, 9.17) is 14.2 Å². The van der Waals surface area contributed by atoms with Gasteiger partial charge in [0, 0.05) is 17.2 Å². The number of methoxy groups -OCH3 is 1. The molecule has 38 heavy (non-hydrogen) atoms. The van der Waals surface area contributed by atoms with E-state index < -0.39 is 0 Å². The minimum Gasteiger partial charge on any atom is -0.494 e. The van der Waals surface area contributed by atoms with E-state index in [1.807, 2.05) is 43.3 Å². The largest absolute Gasteiger partial charge is 0.494 e. The molecule has 0 radical (unpaired) electrons. The fourth-order valence-corrected chi connectivity index (χ4v) is 2.74. The van der Waals surface area contributed by atoms with Crippen LogP contribution in [0.25, 0.3) is 6.08 Å². The Labute approximate surface area is 225 Å². The Morgan fingerprint density at radius 3 is 1.87 bits per heavy atom.